The molecule has 1 N–H and O–H groups in total. The Morgan fingerprint density at radius 2 is 2.25 bits per heavy atom. The van der Waals surface area contributed by atoms with Crippen molar-refractivity contribution in [2.45, 2.75) is 50.7 Å². The van der Waals surface area contributed by atoms with Gasteiger partial charge in [-0.15, -0.1) is 0 Å². The van der Waals surface area contributed by atoms with Crippen molar-refractivity contribution >= 4 is 5.91 Å². The molecular formula is C15H27N3O2. The topological polar surface area (TPSA) is 44.8 Å². The molecule has 0 spiro atoms. The fourth-order valence-corrected chi connectivity index (χ4v) is 3.78. The number of amides is 1. The zero-order valence-electron chi connectivity index (χ0n) is 12.5. The van der Waals surface area contributed by atoms with Crippen LogP contribution in [-0.4, -0.2) is 73.2 Å². The van der Waals surface area contributed by atoms with E-state index in [2.05, 4.69) is 22.0 Å². The average molecular weight is 281 g/mol. The van der Waals surface area contributed by atoms with E-state index in [0.29, 0.717) is 31.0 Å². The number of nitrogens with one attached hydrogen (secondary N) is 1. The third kappa shape index (κ3) is 3.15. The lowest BCUT2D eigenvalue weighted by Gasteiger charge is -2.47. The van der Waals surface area contributed by atoms with E-state index in [9.17, 15) is 4.79 Å². The number of rotatable bonds is 2. The lowest BCUT2D eigenvalue weighted by atomic mass is 9.96. The average Bonchev–Trinajstić information content (AvgIpc) is 2.47. The summed E-state index contributed by atoms with van der Waals surface area (Å²) in [6.07, 6.45) is 4.47. The number of piperidine rings is 1. The molecule has 0 aromatic rings. The smallest absolute Gasteiger partial charge is 0.224 e. The van der Waals surface area contributed by atoms with Crippen LogP contribution in [0.1, 0.15) is 32.6 Å². The highest BCUT2D eigenvalue weighted by molar-refractivity contribution is 5.77. The van der Waals surface area contributed by atoms with Gasteiger partial charge in [-0.3, -0.25) is 9.69 Å². The minimum Gasteiger partial charge on any atom is -0.378 e. The van der Waals surface area contributed by atoms with E-state index in [1.807, 2.05) is 0 Å². The van der Waals surface area contributed by atoms with Crippen LogP contribution in [0.5, 0.6) is 0 Å². The molecule has 0 saturated carbocycles. The lowest BCUT2D eigenvalue weighted by Crippen LogP contribution is -2.60. The third-order valence-electron chi connectivity index (χ3n) is 4.93. The van der Waals surface area contributed by atoms with Crippen LogP contribution in [0.15, 0.2) is 0 Å². The lowest BCUT2D eigenvalue weighted by molar-refractivity contribution is -0.139. The molecule has 5 nitrogen and oxygen atoms in total. The Hall–Kier alpha value is -0.650. The number of nitrogens with zero attached hydrogens (tertiary/aromatic N) is 2. The Kier molecular flexibility index (Phi) is 4.58. The second kappa shape index (κ2) is 6.41. The van der Waals surface area contributed by atoms with Gasteiger partial charge in [-0.2, -0.15) is 0 Å². The first-order valence-corrected chi connectivity index (χ1v) is 8.08. The quantitative estimate of drug-likeness (QED) is 0.798. The Morgan fingerprint density at radius 3 is 3.05 bits per heavy atom. The fraction of sp³-hybridized carbons (Fsp3) is 0.933. The monoisotopic (exact) mass is 281 g/mol. The van der Waals surface area contributed by atoms with Gasteiger partial charge in [0.05, 0.1) is 13.2 Å². The molecule has 3 aliphatic heterocycles. The van der Waals surface area contributed by atoms with E-state index in [0.717, 1.165) is 26.2 Å². The summed E-state index contributed by atoms with van der Waals surface area (Å²) in [7, 11) is 0. The Labute approximate surface area is 121 Å². The molecule has 0 aromatic carbocycles. The molecule has 0 bridgehead atoms. The second-order valence-corrected chi connectivity index (χ2v) is 6.47. The Balaban J connectivity index is 1.56. The van der Waals surface area contributed by atoms with Crippen molar-refractivity contribution in [3.63, 3.8) is 0 Å². The van der Waals surface area contributed by atoms with Gasteiger partial charge in [-0.25, -0.2) is 0 Å². The number of carbonyl (C=O) groups excluding carboxylic acids is 1. The summed E-state index contributed by atoms with van der Waals surface area (Å²) in [5.74, 6) is 0.297. The molecule has 3 atom stereocenters. The van der Waals surface area contributed by atoms with Gasteiger partial charge in [0.25, 0.3) is 0 Å². The largest absolute Gasteiger partial charge is 0.378 e. The Bertz CT molecular complexity index is 344. The van der Waals surface area contributed by atoms with Crippen molar-refractivity contribution in [1.29, 1.82) is 0 Å². The maximum absolute atomic E-state index is 12.6. The number of ether oxygens (including phenoxy) is 1. The second-order valence-electron chi connectivity index (χ2n) is 6.47. The predicted molar refractivity (Wildman–Crippen MR) is 77.6 cm³/mol. The van der Waals surface area contributed by atoms with Gasteiger partial charge < -0.3 is 15.0 Å². The predicted octanol–water partition coefficient (Wildman–Crippen LogP) is 0.450. The summed E-state index contributed by atoms with van der Waals surface area (Å²) in [5.41, 5.74) is 0. The van der Waals surface area contributed by atoms with E-state index in [1.54, 1.807) is 0 Å². The summed E-state index contributed by atoms with van der Waals surface area (Å²) in [6.45, 7) is 7.68. The SMILES string of the molecule is CC1CN2CCCCC2CN1C(=O)CC1COCCN1. The van der Waals surface area contributed by atoms with E-state index in [-0.39, 0.29) is 6.04 Å². The maximum atomic E-state index is 12.6. The summed E-state index contributed by atoms with van der Waals surface area (Å²) < 4.78 is 5.44. The molecule has 0 radical (unpaired) electrons. The summed E-state index contributed by atoms with van der Waals surface area (Å²) in [6, 6.07) is 1.15. The summed E-state index contributed by atoms with van der Waals surface area (Å²) in [4.78, 5) is 17.3. The first-order chi connectivity index (χ1) is 9.74. The van der Waals surface area contributed by atoms with Crippen LogP contribution in [0.4, 0.5) is 0 Å². The molecule has 3 heterocycles. The number of carbonyl (C=O) groups is 1. The highest BCUT2D eigenvalue weighted by Gasteiger charge is 2.35. The molecule has 0 aromatic heterocycles. The minimum absolute atomic E-state index is 0.202. The highest BCUT2D eigenvalue weighted by Crippen LogP contribution is 2.24. The zero-order chi connectivity index (χ0) is 13.9. The van der Waals surface area contributed by atoms with Crippen LogP contribution in [0.3, 0.4) is 0 Å². The standard InChI is InChI=1S/C15H27N3O2/c1-12-9-17-6-3-2-4-14(17)10-18(12)15(19)8-13-11-20-7-5-16-13/h12-14,16H,2-11H2,1H3. The number of hydrogen-bond acceptors (Lipinski definition) is 4. The van der Waals surface area contributed by atoms with Gasteiger partial charge >= 0.3 is 0 Å². The molecule has 3 saturated heterocycles. The van der Waals surface area contributed by atoms with Crippen molar-refractivity contribution in [3.8, 4) is 0 Å². The highest BCUT2D eigenvalue weighted by atomic mass is 16.5. The molecule has 20 heavy (non-hydrogen) atoms. The van der Waals surface area contributed by atoms with E-state index < -0.39 is 0 Å². The minimum atomic E-state index is 0.202. The number of hydrogen-bond donors (Lipinski definition) is 1. The van der Waals surface area contributed by atoms with Crippen LogP contribution in [0.2, 0.25) is 0 Å². The molecule has 3 aliphatic rings. The van der Waals surface area contributed by atoms with Crippen molar-refractivity contribution in [2.75, 3.05) is 39.4 Å². The van der Waals surface area contributed by atoms with Gasteiger partial charge in [0.2, 0.25) is 5.91 Å². The zero-order valence-corrected chi connectivity index (χ0v) is 12.5. The van der Waals surface area contributed by atoms with Crippen LogP contribution in [0, 0.1) is 0 Å². The summed E-state index contributed by atoms with van der Waals surface area (Å²) in [5, 5.41) is 3.38. The maximum Gasteiger partial charge on any atom is 0.224 e. The van der Waals surface area contributed by atoms with Crippen LogP contribution < -0.4 is 5.32 Å². The number of morpholine rings is 1. The van der Waals surface area contributed by atoms with Crippen molar-refractivity contribution in [1.82, 2.24) is 15.1 Å². The van der Waals surface area contributed by atoms with Crippen LogP contribution in [0.25, 0.3) is 0 Å². The van der Waals surface area contributed by atoms with Crippen molar-refractivity contribution in [3.05, 3.63) is 0 Å². The molecule has 114 valence electrons. The van der Waals surface area contributed by atoms with E-state index in [1.165, 1.54) is 25.8 Å². The van der Waals surface area contributed by atoms with Crippen LogP contribution >= 0.6 is 0 Å². The molecule has 1 amide bonds. The third-order valence-corrected chi connectivity index (χ3v) is 4.93. The molecule has 0 aliphatic carbocycles. The molecular weight excluding hydrogens is 254 g/mol. The van der Waals surface area contributed by atoms with Gasteiger partial charge in [0, 0.05) is 44.2 Å². The first kappa shape index (κ1) is 14.3. The first-order valence-electron chi connectivity index (χ1n) is 8.08. The van der Waals surface area contributed by atoms with Gasteiger partial charge in [0.15, 0.2) is 0 Å². The van der Waals surface area contributed by atoms with E-state index in [4.69, 9.17) is 4.74 Å². The normalized spacial score (nSPS) is 35.6. The molecule has 3 unspecified atom stereocenters. The summed E-state index contributed by atoms with van der Waals surface area (Å²) >= 11 is 0. The van der Waals surface area contributed by atoms with Gasteiger partial charge in [-0.05, 0) is 26.3 Å². The van der Waals surface area contributed by atoms with Crippen LogP contribution in [-0.2, 0) is 9.53 Å². The number of fused-ring (bicyclic) bond motifs is 1. The Morgan fingerprint density at radius 1 is 1.35 bits per heavy atom. The molecule has 5 heteroatoms. The molecule has 3 rings (SSSR count). The van der Waals surface area contributed by atoms with E-state index >= 15 is 0 Å². The fourth-order valence-electron chi connectivity index (χ4n) is 3.78. The number of piperazine rings is 1. The van der Waals surface area contributed by atoms with Gasteiger partial charge in [-0.1, -0.05) is 6.42 Å². The van der Waals surface area contributed by atoms with Crippen molar-refractivity contribution < 1.29 is 9.53 Å². The molecule has 3 fully saturated rings. The van der Waals surface area contributed by atoms with Gasteiger partial charge in [0.1, 0.15) is 0 Å². The van der Waals surface area contributed by atoms with Crippen molar-refractivity contribution in [2.24, 2.45) is 0 Å².